The molecule has 0 bridgehead atoms. The standard InChI is InChI=1S/C16H25N3O/c1-4-16(20)15-6-5-14(11-17-15)19-9-7-13(8-10-19)12-18(2)3/h5-6,11,13H,4,7-10,12H2,1-3H3. The molecule has 1 saturated heterocycles. The zero-order valence-electron chi connectivity index (χ0n) is 12.8. The molecule has 110 valence electrons. The van der Waals surface area contributed by atoms with Gasteiger partial charge in [0.1, 0.15) is 5.69 Å². The number of ketones is 1. The maximum absolute atomic E-state index is 11.6. The van der Waals surface area contributed by atoms with E-state index in [4.69, 9.17) is 0 Å². The molecule has 4 heteroatoms. The second-order valence-electron chi connectivity index (χ2n) is 5.87. The molecule has 1 aromatic rings. The Bertz CT molecular complexity index is 434. The van der Waals surface area contributed by atoms with Crippen LogP contribution in [0, 0.1) is 5.92 Å². The predicted octanol–water partition coefficient (Wildman–Crippen LogP) is 2.45. The Morgan fingerprint density at radius 1 is 1.35 bits per heavy atom. The van der Waals surface area contributed by atoms with Crippen LogP contribution >= 0.6 is 0 Å². The van der Waals surface area contributed by atoms with Gasteiger partial charge in [-0.15, -0.1) is 0 Å². The average molecular weight is 275 g/mol. The third-order valence-corrected chi connectivity index (χ3v) is 3.96. The number of Topliss-reactive ketones (excluding diaryl/α,β-unsaturated/α-hetero) is 1. The summed E-state index contributed by atoms with van der Waals surface area (Å²) in [6.07, 6.45) is 4.82. The smallest absolute Gasteiger partial charge is 0.180 e. The van der Waals surface area contributed by atoms with E-state index < -0.39 is 0 Å². The van der Waals surface area contributed by atoms with Crippen molar-refractivity contribution in [2.24, 2.45) is 5.92 Å². The number of carbonyl (C=O) groups excluding carboxylic acids is 1. The van der Waals surface area contributed by atoms with Crippen molar-refractivity contribution in [3.05, 3.63) is 24.0 Å². The number of aromatic nitrogens is 1. The number of pyridine rings is 1. The molecule has 1 aliphatic heterocycles. The van der Waals surface area contributed by atoms with Gasteiger partial charge in [-0.25, -0.2) is 0 Å². The maximum atomic E-state index is 11.6. The number of carbonyl (C=O) groups is 1. The highest BCUT2D eigenvalue weighted by Gasteiger charge is 2.20. The lowest BCUT2D eigenvalue weighted by Gasteiger charge is -2.34. The van der Waals surface area contributed by atoms with E-state index in [1.165, 1.54) is 19.4 Å². The second kappa shape index (κ2) is 6.84. The van der Waals surface area contributed by atoms with Gasteiger partial charge in [-0.3, -0.25) is 9.78 Å². The summed E-state index contributed by atoms with van der Waals surface area (Å²) in [5.41, 5.74) is 1.72. The first kappa shape index (κ1) is 15.0. The molecule has 0 N–H and O–H groups in total. The van der Waals surface area contributed by atoms with E-state index >= 15 is 0 Å². The first-order valence-electron chi connectivity index (χ1n) is 7.49. The lowest BCUT2D eigenvalue weighted by Crippen LogP contribution is -2.37. The highest BCUT2D eigenvalue weighted by atomic mass is 16.1. The summed E-state index contributed by atoms with van der Waals surface area (Å²) < 4.78 is 0. The van der Waals surface area contributed by atoms with E-state index in [2.05, 4.69) is 28.9 Å². The summed E-state index contributed by atoms with van der Waals surface area (Å²) >= 11 is 0. The number of piperidine rings is 1. The lowest BCUT2D eigenvalue weighted by atomic mass is 9.96. The SMILES string of the molecule is CCC(=O)c1ccc(N2CCC(CN(C)C)CC2)cn1. The largest absolute Gasteiger partial charge is 0.370 e. The van der Waals surface area contributed by atoms with Crippen molar-refractivity contribution in [2.75, 3.05) is 38.6 Å². The van der Waals surface area contributed by atoms with Crippen LogP contribution in [0.15, 0.2) is 18.3 Å². The normalized spacial score (nSPS) is 16.7. The van der Waals surface area contributed by atoms with Crippen molar-refractivity contribution in [2.45, 2.75) is 26.2 Å². The first-order chi connectivity index (χ1) is 9.60. The van der Waals surface area contributed by atoms with Crippen LogP contribution in [0.2, 0.25) is 0 Å². The monoisotopic (exact) mass is 275 g/mol. The van der Waals surface area contributed by atoms with Gasteiger partial charge >= 0.3 is 0 Å². The predicted molar refractivity (Wildman–Crippen MR) is 82.3 cm³/mol. The van der Waals surface area contributed by atoms with Gasteiger partial charge in [0.05, 0.1) is 11.9 Å². The van der Waals surface area contributed by atoms with Crippen LogP contribution < -0.4 is 4.90 Å². The molecule has 0 saturated carbocycles. The highest BCUT2D eigenvalue weighted by molar-refractivity contribution is 5.94. The minimum absolute atomic E-state index is 0.112. The summed E-state index contributed by atoms with van der Waals surface area (Å²) in [6, 6.07) is 3.88. The van der Waals surface area contributed by atoms with E-state index in [-0.39, 0.29) is 5.78 Å². The molecule has 2 heterocycles. The number of nitrogens with zero attached hydrogens (tertiary/aromatic N) is 3. The molecule has 0 unspecified atom stereocenters. The van der Waals surface area contributed by atoms with E-state index in [0.29, 0.717) is 12.1 Å². The van der Waals surface area contributed by atoms with Gasteiger partial charge in [0.25, 0.3) is 0 Å². The van der Waals surface area contributed by atoms with Crippen LogP contribution in [0.25, 0.3) is 0 Å². The van der Waals surface area contributed by atoms with Crippen LogP contribution in [0.1, 0.15) is 36.7 Å². The van der Waals surface area contributed by atoms with Gasteiger partial charge < -0.3 is 9.80 Å². The van der Waals surface area contributed by atoms with E-state index in [1.807, 2.05) is 25.3 Å². The molecule has 1 aromatic heterocycles. The van der Waals surface area contributed by atoms with Gasteiger partial charge in [-0.1, -0.05) is 6.92 Å². The molecular weight excluding hydrogens is 250 g/mol. The molecule has 2 rings (SSSR count). The summed E-state index contributed by atoms with van der Waals surface area (Å²) in [5.74, 6) is 0.913. The Morgan fingerprint density at radius 3 is 2.55 bits per heavy atom. The molecule has 0 radical (unpaired) electrons. The Kier molecular flexibility index (Phi) is 5.12. The minimum atomic E-state index is 0.112. The third-order valence-electron chi connectivity index (χ3n) is 3.96. The van der Waals surface area contributed by atoms with Crippen molar-refractivity contribution in [3.63, 3.8) is 0 Å². The second-order valence-corrected chi connectivity index (χ2v) is 5.87. The molecule has 1 fully saturated rings. The molecular formula is C16H25N3O. The molecule has 1 aliphatic rings. The molecule has 0 amide bonds. The highest BCUT2D eigenvalue weighted by Crippen LogP contribution is 2.23. The Morgan fingerprint density at radius 2 is 2.05 bits per heavy atom. The van der Waals surface area contributed by atoms with Crippen molar-refractivity contribution < 1.29 is 4.79 Å². The van der Waals surface area contributed by atoms with Crippen molar-refractivity contribution in [3.8, 4) is 0 Å². The summed E-state index contributed by atoms with van der Waals surface area (Å²) in [4.78, 5) is 20.5. The molecule has 0 atom stereocenters. The van der Waals surface area contributed by atoms with Gasteiger partial charge in [-0.05, 0) is 45.0 Å². The zero-order chi connectivity index (χ0) is 14.5. The fraction of sp³-hybridized carbons (Fsp3) is 0.625. The summed E-state index contributed by atoms with van der Waals surface area (Å²) in [5, 5.41) is 0. The lowest BCUT2D eigenvalue weighted by molar-refractivity contribution is 0.0983. The van der Waals surface area contributed by atoms with Crippen molar-refractivity contribution in [1.29, 1.82) is 0 Å². The van der Waals surface area contributed by atoms with Crippen LogP contribution in [0.3, 0.4) is 0 Å². The summed E-state index contributed by atoms with van der Waals surface area (Å²) in [6.45, 7) is 5.21. The van der Waals surface area contributed by atoms with Crippen LogP contribution in [-0.4, -0.2) is 49.4 Å². The number of hydrogen-bond donors (Lipinski definition) is 0. The fourth-order valence-electron chi connectivity index (χ4n) is 2.81. The number of hydrogen-bond acceptors (Lipinski definition) is 4. The number of anilines is 1. The van der Waals surface area contributed by atoms with Crippen molar-refractivity contribution >= 4 is 11.5 Å². The Labute approximate surface area is 121 Å². The van der Waals surface area contributed by atoms with E-state index in [0.717, 1.165) is 24.7 Å². The van der Waals surface area contributed by atoms with Gasteiger partial charge in [0.2, 0.25) is 0 Å². The van der Waals surface area contributed by atoms with Gasteiger partial charge in [0.15, 0.2) is 5.78 Å². The molecule has 0 spiro atoms. The molecule has 4 nitrogen and oxygen atoms in total. The Balaban J connectivity index is 1.92. The van der Waals surface area contributed by atoms with Crippen LogP contribution in [-0.2, 0) is 0 Å². The zero-order valence-corrected chi connectivity index (χ0v) is 12.8. The maximum Gasteiger partial charge on any atom is 0.180 e. The van der Waals surface area contributed by atoms with Crippen LogP contribution in [0.5, 0.6) is 0 Å². The average Bonchev–Trinajstić information content (AvgIpc) is 2.47. The minimum Gasteiger partial charge on any atom is -0.370 e. The molecule has 20 heavy (non-hydrogen) atoms. The molecule has 0 aromatic carbocycles. The Hall–Kier alpha value is -1.42. The topological polar surface area (TPSA) is 36.4 Å². The third kappa shape index (κ3) is 3.79. The van der Waals surface area contributed by atoms with E-state index in [9.17, 15) is 4.79 Å². The van der Waals surface area contributed by atoms with Crippen molar-refractivity contribution in [1.82, 2.24) is 9.88 Å². The fourth-order valence-corrected chi connectivity index (χ4v) is 2.81. The van der Waals surface area contributed by atoms with E-state index in [1.54, 1.807) is 0 Å². The quantitative estimate of drug-likeness (QED) is 0.773. The first-order valence-corrected chi connectivity index (χ1v) is 7.49. The van der Waals surface area contributed by atoms with Gasteiger partial charge in [-0.2, -0.15) is 0 Å². The van der Waals surface area contributed by atoms with Crippen LogP contribution in [0.4, 0.5) is 5.69 Å². The molecule has 0 aliphatic carbocycles. The number of rotatable bonds is 5. The van der Waals surface area contributed by atoms with Gasteiger partial charge in [0, 0.05) is 26.1 Å². The summed E-state index contributed by atoms with van der Waals surface area (Å²) in [7, 11) is 4.28.